The number of rotatable bonds is 2. The SMILES string of the molecule is O=CC=Cc1cnc2ccccc2n1. The zero-order valence-corrected chi connectivity index (χ0v) is 7.42. The molecule has 0 aliphatic heterocycles. The summed E-state index contributed by atoms with van der Waals surface area (Å²) in [5.74, 6) is 0. The molecule has 0 atom stereocenters. The summed E-state index contributed by atoms with van der Waals surface area (Å²) < 4.78 is 0. The lowest BCUT2D eigenvalue weighted by atomic mass is 10.3. The molecule has 3 heteroatoms. The molecule has 2 rings (SSSR count). The van der Waals surface area contributed by atoms with Crippen molar-refractivity contribution in [1.82, 2.24) is 9.97 Å². The molecule has 14 heavy (non-hydrogen) atoms. The van der Waals surface area contributed by atoms with Crippen molar-refractivity contribution in [2.45, 2.75) is 0 Å². The minimum Gasteiger partial charge on any atom is -0.299 e. The standard InChI is InChI=1S/C11H8N2O/c14-7-3-4-9-8-12-10-5-1-2-6-11(10)13-9/h1-8H. The van der Waals surface area contributed by atoms with Gasteiger partial charge in [-0.25, -0.2) is 4.98 Å². The van der Waals surface area contributed by atoms with Crippen LogP contribution in [-0.2, 0) is 4.79 Å². The molecule has 0 fully saturated rings. The average Bonchev–Trinajstić information content (AvgIpc) is 2.26. The van der Waals surface area contributed by atoms with Gasteiger partial charge in [0.2, 0.25) is 0 Å². The first-order valence-corrected chi connectivity index (χ1v) is 4.24. The number of nitrogens with zero attached hydrogens (tertiary/aromatic N) is 2. The number of hydrogen-bond acceptors (Lipinski definition) is 3. The van der Waals surface area contributed by atoms with Crippen LogP contribution in [-0.4, -0.2) is 16.3 Å². The molecule has 0 bridgehead atoms. The fourth-order valence-electron chi connectivity index (χ4n) is 1.19. The number of fused-ring (bicyclic) bond motifs is 1. The van der Waals surface area contributed by atoms with Crippen LogP contribution in [0.25, 0.3) is 17.1 Å². The summed E-state index contributed by atoms with van der Waals surface area (Å²) in [6.07, 6.45) is 5.39. The molecular formula is C11H8N2O. The Kier molecular flexibility index (Phi) is 2.32. The van der Waals surface area contributed by atoms with E-state index in [0.717, 1.165) is 17.3 Å². The molecule has 0 N–H and O–H groups in total. The highest BCUT2D eigenvalue weighted by Crippen LogP contribution is 2.08. The second-order valence-corrected chi connectivity index (χ2v) is 2.78. The normalized spacial score (nSPS) is 10.9. The monoisotopic (exact) mass is 184 g/mol. The van der Waals surface area contributed by atoms with Gasteiger partial charge >= 0.3 is 0 Å². The number of hydrogen-bond donors (Lipinski definition) is 0. The summed E-state index contributed by atoms with van der Waals surface area (Å²) >= 11 is 0. The summed E-state index contributed by atoms with van der Waals surface area (Å²) in [6.45, 7) is 0. The molecule has 1 heterocycles. The van der Waals surface area contributed by atoms with Gasteiger partial charge in [-0.05, 0) is 24.3 Å². The predicted molar refractivity (Wildman–Crippen MR) is 54.6 cm³/mol. The van der Waals surface area contributed by atoms with Gasteiger partial charge in [-0.1, -0.05) is 12.1 Å². The largest absolute Gasteiger partial charge is 0.299 e. The van der Waals surface area contributed by atoms with Crippen molar-refractivity contribution in [2.75, 3.05) is 0 Å². The zero-order valence-electron chi connectivity index (χ0n) is 7.42. The van der Waals surface area contributed by atoms with Crippen LogP contribution >= 0.6 is 0 Å². The van der Waals surface area contributed by atoms with Gasteiger partial charge in [-0.2, -0.15) is 0 Å². The highest BCUT2D eigenvalue weighted by molar-refractivity contribution is 5.77. The Morgan fingerprint density at radius 3 is 2.71 bits per heavy atom. The fraction of sp³-hybridized carbons (Fsp3) is 0. The van der Waals surface area contributed by atoms with Crippen molar-refractivity contribution in [3.8, 4) is 0 Å². The summed E-state index contributed by atoms with van der Waals surface area (Å²) in [4.78, 5) is 18.6. The number of carbonyl (C=O) groups is 1. The molecular weight excluding hydrogens is 176 g/mol. The molecule has 1 aromatic carbocycles. The van der Waals surface area contributed by atoms with Crippen LogP contribution in [0.5, 0.6) is 0 Å². The number of aldehydes is 1. The number of allylic oxidation sites excluding steroid dienone is 1. The first kappa shape index (κ1) is 8.56. The Labute approximate surface area is 81.1 Å². The van der Waals surface area contributed by atoms with Crippen molar-refractivity contribution in [3.05, 3.63) is 42.2 Å². The summed E-state index contributed by atoms with van der Waals surface area (Å²) in [5, 5.41) is 0. The quantitative estimate of drug-likeness (QED) is 0.528. The maximum Gasteiger partial charge on any atom is 0.142 e. The highest BCUT2D eigenvalue weighted by atomic mass is 16.1. The maximum absolute atomic E-state index is 10.1. The van der Waals surface area contributed by atoms with E-state index in [4.69, 9.17) is 0 Å². The van der Waals surface area contributed by atoms with Crippen molar-refractivity contribution >= 4 is 23.4 Å². The highest BCUT2D eigenvalue weighted by Gasteiger charge is 1.94. The van der Waals surface area contributed by atoms with Crippen molar-refractivity contribution in [3.63, 3.8) is 0 Å². The van der Waals surface area contributed by atoms with E-state index < -0.39 is 0 Å². The van der Waals surface area contributed by atoms with Crippen LogP contribution in [0, 0.1) is 0 Å². The minimum absolute atomic E-state index is 0.691. The molecule has 2 aromatic rings. The third-order valence-electron chi connectivity index (χ3n) is 1.81. The fourth-order valence-corrected chi connectivity index (χ4v) is 1.19. The second kappa shape index (κ2) is 3.79. The smallest absolute Gasteiger partial charge is 0.142 e. The van der Waals surface area contributed by atoms with Crippen LogP contribution in [0.2, 0.25) is 0 Å². The molecule has 0 spiro atoms. The van der Waals surface area contributed by atoms with Gasteiger partial charge in [0.25, 0.3) is 0 Å². The summed E-state index contributed by atoms with van der Waals surface area (Å²) in [5.41, 5.74) is 2.38. The number of para-hydroxylation sites is 2. The Morgan fingerprint density at radius 2 is 1.93 bits per heavy atom. The van der Waals surface area contributed by atoms with Crippen molar-refractivity contribution in [1.29, 1.82) is 0 Å². The van der Waals surface area contributed by atoms with Crippen LogP contribution in [0.15, 0.2) is 36.5 Å². The Balaban J connectivity index is 2.51. The molecule has 0 unspecified atom stereocenters. The molecule has 68 valence electrons. The molecule has 0 amide bonds. The lowest BCUT2D eigenvalue weighted by molar-refractivity contribution is -0.104. The van der Waals surface area contributed by atoms with E-state index in [1.807, 2.05) is 24.3 Å². The van der Waals surface area contributed by atoms with Crippen molar-refractivity contribution in [2.24, 2.45) is 0 Å². The van der Waals surface area contributed by atoms with Gasteiger partial charge in [-0.15, -0.1) is 0 Å². The lowest BCUT2D eigenvalue weighted by Crippen LogP contribution is -1.86. The summed E-state index contributed by atoms with van der Waals surface area (Å²) in [6, 6.07) is 7.61. The Bertz CT molecular complexity index is 491. The molecule has 0 saturated carbocycles. The van der Waals surface area contributed by atoms with Gasteiger partial charge in [-0.3, -0.25) is 9.78 Å². The van der Waals surface area contributed by atoms with Gasteiger partial charge < -0.3 is 0 Å². The number of aromatic nitrogens is 2. The van der Waals surface area contributed by atoms with E-state index in [0.29, 0.717) is 5.69 Å². The summed E-state index contributed by atoms with van der Waals surface area (Å²) in [7, 11) is 0. The molecule has 0 saturated heterocycles. The molecule has 1 aromatic heterocycles. The molecule has 0 radical (unpaired) electrons. The predicted octanol–water partition coefficient (Wildman–Crippen LogP) is 1.84. The van der Waals surface area contributed by atoms with Gasteiger partial charge in [0, 0.05) is 0 Å². The van der Waals surface area contributed by atoms with Gasteiger partial charge in [0.15, 0.2) is 0 Å². The van der Waals surface area contributed by atoms with E-state index in [1.165, 1.54) is 6.08 Å². The average molecular weight is 184 g/mol. The molecule has 0 aliphatic carbocycles. The number of carbonyl (C=O) groups excluding carboxylic acids is 1. The van der Waals surface area contributed by atoms with E-state index in [-0.39, 0.29) is 0 Å². The minimum atomic E-state index is 0.691. The van der Waals surface area contributed by atoms with Crippen LogP contribution < -0.4 is 0 Å². The van der Waals surface area contributed by atoms with E-state index in [2.05, 4.69) is 9.97 Å². The first-order valence-electron chi connectivity index (χ1n) is 4.24. The molecule has 3 nitrogen and oxygen atoms in total. The van der Waals surface area contributed by atoms with Crippen LogP contribution in [0.3, 0.4) is 0 Å². The van der Waals surface area contributed by atoms with Crippen LogP contribution in [0.1, 0.15) is 5.69 Å². The second-order valence-electron chi connectivity index (χ2n) is 2.78. The van der Waals surface area contributed by atoms with Gasteiger partial charge in [0.1, 0.15) is 6.29 Å². The zero-order chi connectivity index (χ0) is 9.80. The van der Waals surface area contributed by atoms with Gasteiger partial charge in [0.05, 0.1) is 22.9 Å². The third-order valence-corrected chi connectivity index (χ3v) is 1.81. The van der Waals surface area contributed by atoms with Crippen molar-refractivity contribution < 1.29 is 4.79 Å². The Hall–Kier alpha value is -2.03. The van der Waals surface area contributed by atoms with Crippen LogP contribution in [0.4, 0.5) is 0 Å². The van der Waals surface area contributed by atoms with E-state index >= 15 is 0 Å². The first-order chi connectivity index (χ1) is 6.90. The van der Waals surface area contributed by atoms with E-state index in [1.54, 1.807) is 12.3 Å². The third kappa shape index (κ3) is 1.66. The number of benzene rings is 1. The topological polar surface area (TPSA) is 42.9 Å². The molecule has 0 aliphatic rings. The Morgan fingerprint density at radius 1 is 1.14 bits per heavy atom. The van der Waals surface area contributed by atoms with E-state index in [9.17, 15) is 4.79 Å². The lowest BCUT2D eigenvalue weighted by Gasteiger charge is -1.96. The maximum atomic E-state index is 10.1.